The van der Waals surface area contributed by atoms with Crippen molar-refractivity contribution in [2.45, 2.75) is 104 Å². The summed E-state index contributed by atoms with van der Waals surface area (Å²) in [4.78, 5) is 53.6. The molecule has 6 atom stereocenters. The number of carbonyl (C=O) groups is 4. The van der Waals surface area contributed by atoms with Crippen molar-refractivity contribution in [3.05, 3.63) is 48.0 Å². The summed E-state index contributed by atoms with van der Waals surface area (Å²) in [6.45, 7) is 12.3. The molecule has 13 nitrogen and oxygen atoms in total. The Labute approximate surface area is 308 Å². The summed E-state index contributed by atoms with van der Waals surface area (Å²) in [5.74, 6) is -1.42. The first kappa shape index (κ1) is 44.4. The van der Waals surface area contributed by atoms with Crippen LogP contribution in [0.25, 0.3) is 10.8 Å². The maximum Gasteiger partial charge on any atom is 0.407 e. The maximum atomic E-state index is 14.0. The topological polar surface area (TPSA) is 185 Å². The lowest BCUT2D eigenvalue weighted by atomic mass is 9.95. The van der Waals surface area contributed by atoms with Gasteiger partial charge < -0.3 is 45.7 Å². The molecule has 0 saturated carbocycles. The van der Waals surface area contributed by atoms with E-state index < -0.39 is 54.1 Å². The molecule has 0 heterocycles. The molecule has 0 aromatic heterocycles. The molecule has 4 amide bonds. The van der Waals surface area contributed by atoms with Gasteiger partial charge in [0.1, 0.15) is 18.7 Å². The zero-order valence-corrected chi connectivity index (χ0v) is 32.0. The molecule has 2 aromatic rings. The van der Waals surface area contributed by atoms with Crippen LogP contribution in [0.4, 0.5) is 4.79 Å². The molecule has 0 spiro atoms. The average Bonchev–Trinajstić information content (AvgIpc) is 3.10. The van der Waals surface area contributed by atoms with E-state index in [1.807, 2.05) is 84.0 Å². The van der Waals surface area contributed by atoms with Gasteiger partial charge in [0.25, 0.3) is 0 Å². The number of rotatable bonds is 24. The van der Waals surface area contributed by atoms with Crippen LogP contribution in [0.2, 0.25) is 0 Å². The first-order chi connectivity index (χ1) is 24.8. The summed E-state index contributed by atoms with van der Waals surface area (Å²) in [5, 5.41) is 34.0. The highest BCUT2D eigenvalue weighted by Crippen LogP contribution is 2.20. The molecule has 52 heavy (non-hydrogen) atoms. The van der Waals surface area contributed by atoms with Crippen molar-refractivity contribution in [3.8, 4) is 0 Å². The minimum atomic E-state index is -1.22. The fraction of sp³-hybridized carbons (Fsp3) is 0.641. The van der Waals surface area contributed by atoms with Crippen molar-refractivity contribution in [1.82, 2.24) is 21.3 Å². The second-order valence-corrected chi connectivity index (χ2v) is 14.2. The van der Waals surface area contributed by atoms with E-state index >= 15 is 0 Å². The van der Waals surface area contributed by atoms with Crippen LogP contribution in [-0.4, -0.2) is 104 Å². The van der Waals surface area contributed by atoms with E-state index in [1.165, 1.54) is 0 Å². The Balaban J connectivity index is 2.26. The van der Waals surface area contributed by atoms with Crippen LogP contribution in [0, 0.1) is 17.8 Å². The van der Waals surface area contributed by atoms with Gasteiger partial charge in [-0.15, -0.1) is 0 Å². The van der Waals surface area contributed by atoms with E-state index in [0.717, 1.165) is 22.8 Å². The van der Waals surface area contributed by atoms with Crippen LogP contribution in [0.1, 0.15) is 72.8 Å². The molecule has 0 fully saturated rings. The number of amides is 4. The Morgan fingerprint density at radius 3 is 2.06 bits per heavy atom. The predicted molar refractivity (Wildman–Crippen MR) is 200 cm³/mol. The van der Waals surface area contributed by atoms with Gasteiger partial charge in [-0.3, -0.25) is 14.4 Å². The molecule has 292 valence electrons. The minimum absolute atomic E-state index is 0.00109. The number of carbonyl (C=O) groups excluding carboxylic acids is 4. The third-order valence-electron chi connectivity index (χ3n) is 8.93. The highest BCUT2D eigenvalue weighted by molar-refractivity contribution is 5.92. The number of hydrogen-bond acceptors (Lipinski definition) is 9. The van der Waals surface area contributed by atoms with Crippen LogP contribution in [-0.2, 0) is 35.0 Å². The quantitative estimate of drug-likeness (QED) is 0.0881. The van der Waals surface area contributed by atoms with Gasteiger partial charge in [0.15, 0.2) is 0 Å². The Bertz CT molecular complexity index is 1380. The molecule has 0 aliphatic carbocycles. The van der Waals surface area contributed by atoms with E-state index in [9.17, 15) is 29.4 Å². The molecule has 0 radical (unpaired) electrons. The number of methoxy groups -OCH3 is 1. The second kappa shape index (κ2) is 23.7. The lowest BCUT2D eigenvalue weighted by Gasteiger charge is -2.30. The van der Waals surface area contributed by atoms with Gasteiger partial charge in [-0.05, 0) is 46.9 Å². The van der Waals surface area contributed by atoms with E-state index in [-0.39, 0.29) is 56.8 Å². The Hall–Kier alpha value is -3.78. The van der Waals surface area contributed by atoms with Gasteiger partial charge in [-0.1, -0.05) is 90.4 Å². The fourth-order valence-corrected chi connectivity index (χ4v) is 5.85. The third kappa shape index (κ3) is 15.9. The van der Waals surface area contributed by atoms with Gasteiger partial charge in [-0.2, -0.15) is 0 Å². The number of ether oxygens (including phenoxy) is 3. The van der Waals surface area contributed by atoms with Crippen molar-refractivity contribution >= 4 is 34.6 Å². The van der Waals surface area contributed by atoms with Crippen molar-refractivity contribution in [1.29, 1.82) is 0 Å². The smallest absolute Gasteiger partial charge is 0.407 e. The summed E-state index contributed by atoms with van der Waals surface area (Å²) < 4.78 is 15.6. The van der Waals surface area contributed by atoms with Crippen LogP contribution in [0.15, 0.2) is 42.5 Å². The summed E-state index contributed by atoms with van der Waals surface area (Å²) >= 11 is 0. The van der Waals surface area contributed by atoms with Crippen LogP contribution < -0.4 is 21.3 Å². The predicted octanol–water partition coefficient (Wildman–Crippen LogP) is 3.48. The SMILES string of the molecule is CC[C@H](C)[C@@H](CO)NC(=O)C[C@H](O)[C@H](CC(C)C)NC(=O)[C@H](CC(C)C)NC(=O)[C@H](Cc1cccc2ccccc12)NC(=O)OCCOCCOC. The van der Waals surface area contributed by atoms with Gasteiger partial charge in [0.05, 0.1) is 51.0 Å². The summed E-state index contributed by atoms with van der Waals surface area (Å²) in [5.41, 5.74) is 0.821. The van der Waals surface area contributed by atoms with E-state index in [1.54, 1.807) is 7.11 Å². The molecule has 0 aliphatic heterocycles. The third-order valence-corrected chi connectivity index (χ3v) is 8.93. The second-order valence-electron chi connectivity index (χ2n) is 14.2. The molecule has 2 aromatic carbocycles. The molecule has 0 unspecified atom stereocenters. The summed E-state index contributed by atoms with van der Waals surface area (Å²) in [7, 11) is 1.56. The number of aliphatic hydroxyl groups is 2. The molecule has 2 rings (SSSR count). The van der Waals surface area contributed by atoms with Crippen molar-refractivity contribution in [2.75, 3.05) is 40.1 Å². The van der Waals surface area contributed by atoms with Gasteiger partial charge in [0.2, 0.25) is 17.7 Å². The van der Waals surface area contributed by atoms with Gasteiger partial charge in [0, 0.05) is 13.5 Å². The number of nitrogens with one attached hydrogen (secondary N) is 4. The summed E-state index contributed by atoms with van der Waals surface area (Å²) in [6.07, 6.45) is -0.765. The molecular formula is C39H62N4O9. The standard InChI is InChI=1S/C39H62N4O9/c1-8-27(6)34(24-44)40-36(46)23-35(45)31(20-25(2)3)41-37(47)32(21-26(4)5)42-38(48)33(43-39(49)52-19-18-51-17-16-50-7)22-29-14-11-13-28-12-9-10-15-30(28)29/h9-15,25-27,31-35,44-45H,8,16-24H2,1-7H3,(H,40,46)(H,41,47)(H,42,48)(H,43,49)/t27-,31-,32-,33-,34+,35-/m0/s1. The maximum absolute atomic E-state index is 14.0. The first-order valence-corrected chi connectivity index (χ1v) is 18.4. The molecule has 0 aliphatic rings. The molecule has 0 saturated heterocycles. The Morgan fingerprint density at radius 1 is 0.750 bits per heavy atom. The van der Waals surface area contributed by atoms with Crippen LogP contribution in [0.5, 0.6) is 0 Å². The number of aliphatic hydroxyl groups excluding tert-OH is 2. The Kier molecular flexibility index (Phi) is 20.2. The summed E-state index contributed by atoms with van der Waals surface area (Å²) in [6, 6.07) is 10.1. The monoisotopic (exact) mass is 730 g/mol. The molecule has 6 N–H and O–H groups in total. The molecule has 0 bridgehead atoms. The lowest BCUT2D eigenvalue weighted by Crippen LogP contribution is -2.57. The van der Waals surface area contributed by atoms with Crippen molar-refractivity contribution < 1.29 is 43.6 Å². The molecular weight excluding hydrogens is 668 g/mol. The highest BCUT2D eigenvalue weighted by Gasteiger charge is 2.32. The van der Waals surface area contributed by atoms with Gasteiger partial charge in [-0.25, -0.2) is 4.79 Å². The fourth-order valence-electron chi connectivity index (χ4n) is 5.85. The highest BCUT2D eigenvalue weighted by atomic mass is 16.6. The van der Waals surface area contributed by atoms with E-state index in [0.29, 0.717) is 19.6 Å². The number of fused-ring (bicyclic) bond motifs is 1. The Morgan fingerprint density at radius 2 is 1.40 bits per heavy atom. The van der Waals surface area contributed by atoms with Crippen LogP contribution >= 0.6 is 0 Å². The van der Waals surface area contributed by atoms with Gasteiger partial charge >= 0.3 is 6.09 Å². The zero-order chi connectivity index (χ0) is 38.6. The number of benzene rings is 2. The van der Waals surface area contributed by atoms with E-state index in [4.69, 9.17) is 14.2 Å². The normalized spacial score (nSPS) is 15.0. The zero-order valence-electron chi connectivity index (χ0n) is 32.0. The number of hydrogen-bond donors (Lipinski definition) is 6. The number of alkyl carbamates (subject to hydrolysis) is 1. The first-order valence-electron chi connectivity index (χ1n) is 18.4. The average molecular weight is 731 g/mol. The van der Waals surface area contributed by atoms with Crippen LogP contribution in [0.3, 0.4) is 0 Å². The molecule has 13 heteroatoms. The minimum Gasteiger partial charge on any atom is -0.447 e. The van der Waals surface area contributed by atoms with Crippen molar-refractivity contribution in [3.63, 3.8) is 0 Å². The van der Waals surface area contributed by atoms with Crippen molar-refractivity contribution in [2.24, 2.45) is 17.8 Å². The lowest BCUT2D eigenvalue weighted by molar-refractivity contribution is -0.132. The largest absolute Gasteiger partial charge is 0.447 e. The van der Waals surface area contributed by atoms with E-state index in [2.05, 4.69) is 21.3 Å².